The summed E-state index contributed by atoms with van der Waals surface area (Å²) in [5.41, 5.74) is 0. The maximum atomic E-state index is 8.82. The zero-order chi connectivity index (χ0) is 4.50. The Morgan fingerprint density at radius 2 is 1.17 bits per heavy atom. The van der Waals surface area contributed by atoms with Crippen LogP contribution in [-0.2, 0) is 21.2 Å². The van der Waals surface area contributed by atoms with Crippen molar-refractivity contribution < 1.29 is 29.5 Å². The van der Waals surface area contributed by atoms with Crippen LogP contribution in [0.4, 0.5) is 0 Å². The van der Waals surface area contributed by atoms with Gasteiger partial charge in [-0.05, 0) is 0 Å². The van der Waals surface area contributed by atoms with E-state index in [-0.39, 0.29) is 27.3 Å². The van der Waals surface area contributed by atoms with Crippen molar-refractivity contribution in [3.63, 3.8) is 0 Å². The van der Waals surface area contributed by atoms with Crippen molar-refractivity contribution in [1.29, 1.82) is 0 Å². The van der Waals surface area contributed by atoms with Gasteiger partial charge in [0.05, 0.1) is 0 Å². The first-order valence-corrected chi connectivity index (χ1v) is 2.88. The molecule has 0 aromatic rings. The molecule has 0 saturated heterocycles. The average Bonchev–Trinajstić information content (AvgIpc) is 0.722. The topological polar surface area (TPSA) is 74.6 Å². The van der Waals surface area contributed by atoms with Crippen molar-refractivity contribution in [2.75, 3.05) is 0 Å². The van der Waals surface area contributed by atoms with E-state index in [1.54, 1.807) is 0 Å². The normalized spacial score (nSPS) is 9.67. The fourth-order valence-corrected chi connectivity index (χ4v) is 0. The molecule has 6 heteroatoms. The van der Waals surface area contributed by atoms with Gasteiger partial charge < -0.3 is 0 Å². The monoisotopic (exact) mass is 328 g/mol. The quantitative estimate of drug-likeness (QED) is 0.492. The van der Waals surface area contributed by atoms with E-state index >= 15 is 0 Å². The standard InChI is InChI=1S/Cr.2H2O.2O.Pb.2H/h;2*1H2;;;;;/q+2;;;;;;;/p-2. The van der Waals surface area contributed by atoms with Gasteiger partial charge in [-0.2, -0.15) is 0 Å². The van der Waals surface area contributed by atoms with Gasteiger partial charge in [-0.3, -0.25) is 0 Å². The number of hydrogen-bond donors (Lipinski definition) is 2. The minimum atomic E-state index is -5.25. The second kappa shape index (κ2) is 3.04. The summed E-state index contributed by atoms with van der Waals surface area (Å²) in [7, 11) is 0. The summed E-state index contributed by atoms with van der Waals surface area (Å²) in [5, 5.41) is 0. The predicted molar refractivity (Wildman–Crippen MR) is 14.4 cm³/mol. The molecular formula is H4CrO4Pb. The number of hydrogen-bond acceptors (Lipinski definition) is 2. The Hall–Kier alpha value is 0.975. The molecule has 0 unspecified atom stereocenters. The van der Waals surface area contributed by atoms with Crippen molar-refractivity contribution in [1.82, 2.24) is 0 Å². The molecule has 0 aliphatic rings. The summed E-state index contributed by atoms with van der Waals surface area (Å²) >= 11 is -5.25. The summed E-state index contributed by atoms with van der Waals surface area (Å²) in [6.07, 6.45) is 0. The molecule has 0 rings (SSSR count). The Morgan fingerprint density at radius 1 is 1.17 bits per heavy atom. The zero-order valence-corrected chi connectivity index (χ0v) is 9.60. The second-order valence-corrected chi connectivity index (χ2v) is 1.85. The average molecular weight is 327 g/mol. The molecule has 0 aromatic heterocycles. The van der Waals surface area contributed by atoms with Crippen LogP contribution in [0.5, 0.6) is 0 Å². The predicted octanol–water partition coefficient (Wildman–Crippen LogP) is -2.27. The first kappa shape index (κ1) is 10.1. The van der Waals surface area contributed by atoms with Gasteiger partial charge in [-0.25, -0.2) is 0 Å². The van der Waals surface area contributed by atoms with Crippen molar-refractivity contribution >= 4 is 27.3 Å². The molecule has 4 nitrogen and oxygen atoms in total. The molecule has 0 spiro atoms. The van der Waals surface area contributed by atoms with Gasteiger partial charge in [0.1, 0.15) is 0 Å². The summed E-state index contributed by atoms with van der Waals surface area (Å²) in [4.78, 5) is 0. The van der Waals surface area contributed by atoms with Gasteiger partial charge in [0, 0.05) is 0 Å². The Kier molecular flexibility index (Phi) is 5.10. The van der Waals surface area contributed by atoms with Crippen LogP contribution >= 0.6 is 0 Å². The third kappa shape index (κ3) is 82.7. The summed E-state index contributed by atoms with van der Waals surface area (Å²) in [6.45, 7) is 0. The first-order valence-electron chi connectivity index (χ1n) is 0.698. The summed E-state index contributed by atoms with van der Waals surface area (Å²) in [5.74, 6) is 0. The van der Waals surface area contributed by atoms with E-state index in [4.69, 9.17) is 15.9 Å². The van der Waals surface area contributed by atoms with Crippen LogP contribution in [-0.4, -0.2) is 35.6 Å². The van der Waals surface area contributed by atoms with Crippen LogP contribution < -0.4 is 0 Å². The second-order valence-electron chi connectivity index (χ2n) is 0.448. The minimum absolute atomic E-state index is 0. The van der Waals surface area contributed by atoms with E-state index in [0.717, 1.165) is 0 Å². The van der Waals surface area contributed by atoms with E-state index in [2.05, 4.69) is 0 Å². The molecule has 2 radical (unpaired) electrons. The Labute approximate surface area is 56.7 Å². The fraction of sp³-hybridized carbons (Fsp3) is 0. The van der Waals surface area contributed by atoms with Crippen LogP contribution in [0.15, 0.2) is 0 Å². The third-order valence-corrected chi connectivity index (χ3v) is 0. The fourth-order valence-electron chi connectivity index (χ4n) is 0. The maximum absolute atomic E-state index is 8.82. The van der Waals surface area contributed by atoms with Gasteiger partial charge >= 0.3 is 56.8 Å². The van der Waals surface area contributed by atoms with Gasteiger partial charge in [-0.15, -0.1) is 0 Å². The van der Waals surface area contributed by atoms with E-state index in [1.807, 2.05) is 0 Å². The van der Waals surface area contributed by atoms with Crippen molar-refractivity contribution in [2.45, 2.75) is 0 Å². The van der Waals surface area contributed by atoms with Crippen LogP contribution in [0.1, 0.15) is 0 Å². The van der Waals surface area contributed by atoms with Crippen LogP contribution in [0.2, 0.25) is 0 Å². The van der Waals surface area contributed by atoms with Crippen LogP contribution in [0.25, 0.3) is 0 Å². The van der Waals surface area contributed by atoms with Gasteiger partial charge in [0.15, 0.2) is 0 Å². The first-order chi connectivity index (χ1) is 2.00. The summed E-state index contributed by atoms with van der Waals surface area (Å²) < 4.78 is 31.9. The molecule has 0 bridgehead atoms. The zero-order valence-electron chi connectivity index (χ0n) is 2.83. The van der Waals surface area contributed by atoms with E-state index < -0.39 is 13.6 Å². The van der Waals surface area contributed by atoms with E-state index in [0.29, 0.717) is 0 Å². The van der Waals surface area contributed by atoms with Crippen molar-refractivity contribution in [3.8, 4) is 0 Å². The van der Waals surface area contributed by atoms with Crippen LogP contribution in [0, 0.1) is 0 Å². The molecular weight excluding hydrogens is 323 g/mol. The van der Waals surface area contributed by atoms with E-state index in [1.165, 1.54) is 0 Å². The molecule has 0 heterocycles. The Bertz CT molecular complexity index is 90.7. The van der Waals surface area contributed by atoms with Gasteiger partial charge in [0.2, 0.25) is 0 Å². The number of rotatable bonds is 0. The van der Waals surface area contributed by atoms with E-state index in [9.17, 15) is 0 Å². The van der Waals surface area contributed by atoms with Gasteiger partial charge in [-0.1, -0.05) is 0 Å². The molecule has 0 aliphatic carbocycles. The molecule has 38 valence electrons. The Morgan fingerprint density at radius 3 is 1.17 bits per heavy atom. The molecule has 0 atom stereocenters. The molecule has 0 amide bonds. The molecule has 0 aliphatic heterocycles. The molecule has 6 heavy (non-hydrogen) atoms. The Balaban J connectivity index is 0. The molecule has 0 aromatic carbocycles. The van der Waals surface area contributed by atoms with Gasteiger partial charge in [0.25, 0.3) is 0 Å². The van der Waals surface area contributed by atoms with Crippen molar-refractivity contribution in [3.05, 3.63) is 0 Å². The molecule has 2 N–H and O–H groups in total. The third-order valence-electron chi connectivity index (χ3n) is 0. The molecule has 0 saturated carbocycles. The SMILES string of the molecule is [O]=[Cr](=[O])([OH])[OH].[PbH2]. The van der Waals surface area contributed by atoms with Crippen molar-refractivity contribution in [2.24, 2.45) is 0 Å². The summed E-state index contributed by atoms with van der Waals surface area (Å²) in [6, 6.07) is 0. The molecule has 0 fully saturated rings. The van der Waals surface area contributed by atoms with Crippen LogP contribution in [0.3, 0.4) is 0 Å².